The SMILES string of the molecule is CCc1ccccc1NC(=O)N1CCC2(CCC(=O)N(CC(=O)O)C2)CC1. The number of hydrogen-bond acceptors (Lipinski definition) is 3. The summed E-state index contributed by atoms with van der Waals surface area (Å²) < 4.78 is 0. The van der Waals surface area contributed by atoms with Gasteiger partial charge in [-0.15, -0.1) is 0 Å². The average Bonchev–Trinajstić information content (AvgIpc) is 2.65. The molecule has 2 saturated heterocycles. The van der Waals surface area contributed by atoms with Gasteiger partial charge in [0.05, 0.1) is 0 Å². The second kappa shape index (κ2) is 7.98. The largest absolute Gasteiger partial charge is 0.480 e. The van der Waals surface area contributed by atoms with Crippen LogP contribution in [-0.4, -0.2) is 59.0 Å². The number of anilines is 1. The van der Waals surface area contributed by atoms with Crippen molar-refractivity contribution in [2.24, 2.45) is 5.41 Å². The molecule has 3 rings (SSSR count). The van der Waals surface area contributed by atoms with Crippen LogP contribution in [0.5, 0.6) is 0 Å². The van der Waals surface area contributed by atoms with Gasteiger partial charge in [-0.1, -0.05) is 25.1 Å². The van der Waals surface area contributed by atoms with E-state index in [1.807, 2.05) is 29.2 Å². The minimum Gasteiger partial charge on any atom is -0.480 e. The molecular formula is C20H27N3O4. The number of aryl methyl sites for hydroxylation is 1. The number of urea groups is 1. The van der Waals surface area contributed by atoms with E-state index < -0.39 is 5.97 Å². The molecule has 146 valence electrons. The molecule has 0 bridgehead atoms. The Balaban J connectivity index is 1.59. The number of amides is 3. The van der Waals surface area contributed by atoms with E-state index in [0.717, 1.165) is 36.9 Å². The average molecular weight is 373 g/mol. The highest BCUT2D eigenvalue weighted by Crippen LogP contribution is 2.40. The van der Waals surface area contributed by atoms with E-state index >= 15 is 0 Å². The Morgan fingerprint density at radius 3 is 2.56 bits per heavy atom. The van der Waals surface area contributed by atoms with Crippen molar-refractivity contribution < 1.29 is 19.5 Å². The van der Waals surface area contributed by atoms with Crippen LogP contribution in [0.4, 0.5) is 10.5 Å². The van der Waals surface area contributed by atoms with Crippen LogP contribution in [0.2, 0.25) is 0 Å². The van der Waals surface area contributed by atoms with Crippen molar-refractivity contribution in [2.45, 2.75) is 39.0 Å². The summed E-state index contributed by atoms with van der Waals surface area (Å²) in [5, 5.41) is 12.0. The van der Waals surface area contributed by atoms with E-state index in [2.05, 4.69) is 12.2 Å². The van der Waals surface area contributed by atoms with Crippen LogP contribution in [0.1, 0.15) is 38.2 Å². The van der Waals surface area contributed by atoms with Gasteiger partial charge < -0.3 is 20.2 Å². The maximum Gasteiger partial charge on any atom is 0.323 e. The molecule has 2 fully saturated rings. The predicted molar refractivity (Wildman–Crippen MR) is 102 cm³/mol. The molecule has 0 radical (unpaired) electrons. The van der Waals surface area contributed by atoms with Gasteiger partial charge in [0, 0.05) is 31.7 Å². The fourth-order valence-corrected chi connectivity index (χ4v) is 4.15. The van der Waals surface area contributed by atoms with Crippen LogP contribution >= 0.6 is 0 Å². The molecule has 2 N–H and O–H groups in total. The van der Waals surface area contributed by atoms with Crippen LogP contribution in [0, 0.1) is 5.41 Å². The zero-order valence-electron chi connectivity index (χ0n) is 15.7. The number of likely N-dealkylation sites (tertiary alicyclic amines) is 2. The van der Waals surface area contributed by atoms with Gasteiger partial charge in [-0.2, -0.15) is 0 Å². The molecule has 0 saturated carbocycles. The van der Waals surface area contributed by atoms with Crippen molar-refractivity contribution in [2.75, 3.05) is 31.5 Å². The third-order valence-corrected chi connectivity index (χ3v) is 5.83. The number of benzene rings is 1. The number of nitrogens with one attached hydrogen (secondary N) is 1. The van der Waals surface area contributed by atoms with E-state index in [1.165, 1.54) is 4.90 Å². The van der Waals surface area contributed by atoms with E-state index in [-0.39, 0.29) is 23.9 Å². The lowest BCUT2D eigenvalue weighted by molar-refractivity contribution is -0.149. The van der Waals surface area contributed by atoms with Crippen molar-refractivity contribution >= 4 is 23.6 Å². The molecule has 3 amide bonds. The molecule has 7 nitrogen and oxygen atoms in total. The maximum absolute atomic E-state index is 12.6. The fourth-order valence-electron chi connectivity index (χ4n) is 4.15. The molecular weight excluding hydrogens is 346 g/mol. The minimum absolute atomic E-state index is 0.0680. The van der Waals surface area contributed by atoms with Crippen LogP contribution in [0.25, 0.3) is 0 Å². The molecule has 1 aromatic rings. The predicted octanol–water partition coefficient (Wildman–Crippen LogP) is 2.57. The van der Waals surface area contributed by atoms with Gasteiger partial charge in [0.1, 0.15) is 6.54 Å². The summed E-state index contributed by atoms with van der Waals surface area (Å²) in [4.78, 5) is 38.9. The third-order valence-electron chi connectivity index (χ3n) is 5.83. The van der Waals surface area contributed by atoms with Gasteiger partial charge in [0.25, 0.3) is 0 Å². The Kier molecular flexibility index (Phi) is 5.68. The van der Waals surface area contributed by atoms with E-state index in [0.29, 0.717) is 26.1 Å². The summed E-state index contributed by atoms with van der Waals surface area (Å²) in [6, 6.07) is 7.71. The number of carboxylic acid groups (broad SMARTS) is 1. The van der Waals surface area contributed by atoms with Crippen LogP contribution in [0.15, 0.2) is 24.3 Å². The summed E-state index contributed by atoms with van der Waals surface area (Å²) >= 11 is 0. The number of carbonyl (C=O) groups is 3. The second-order valence-electron chi connectivity index (χ2n) is 7.57. The lowest BCUT2D eigenvalue weighted by atomic mass is 9.72. The summed E-state index contributed by atoms with van der Waals surface area (Å²) in [6.07, 6.45) is 3.60. The van der Waals surface area contributed by atoms with Gasteiger partial charge in [0.15, 0.2) is 0 Å². The topological polar surface area (TPSA) is 90.0 Å². The number of piperidine rings is 2. The third kappa shape index (κ3) is 4.40. The number of rotatable bonds is 4. The Hall–Kier alpha value is -2.57. The van der Waals surface area contributed by atoms with Crippen molar-refractivity contribution in [3.63, 3.8) is 0 Å². The molecule has 0 atom stereocenters. The van der Waals surface area contributed by atoms with Gasteiger partial charge in [0.2, 0.25) is 5.91 Å². The van der Waals surface area contributed by atoms with E-state index in [4.69, 9.17) is 5.11 Å². The fraction of sp³-hybridized carbons (Fsp3) is 0.550. The van der Waals surface area contributed by atoms with Crippen molar-refractivity contribution in [1.82, 2.24) is 9.80 Å². The smallest absolute Gasteiger partial charge is 0.323 e. The van der Waals surface area contributed by atoms with Crippen molar-refractivity contribution in [3.05, 3.63) is 29.8 Å². The Bertz CT molecular complexity index is 726. The molecule has 2 heterocycles. The summed E-state index contributed by atoms with van der Waals surface area (Å²) in [7, 11) is 0. The first-order valence-corrected chi connectivity index (χ1v) is 9.56. The molecule has 0 aromatic heterocycles. The molecule has 0 unspecified atom stereocenters. The van der Waals surface area contributed by atoms with Gasteiger partial charge in [-0.05, 0) is 42.7 Å². The van der Waals surface area contributed by atoms with Crippen molar-refractivity contribution in [1.29, 1.82) is 0 Å². The van der Waals surface area contributed by atoms with Crippen LogP contribution in [0.3, 0.4) is 0 Å². The van der Waals surface area contributed by atoms with Gasteiger partial charge in [-0.25, -0.2) is 4.79 Å². The van der Waals surface area contributed by atoms with Crippen molar-refractivity contribution in [3.8, 4) is 0 Å². The molecule has 2 aliphatic heterocycles. The zero-order chi connectivity index (χ0) is 19.4. The quantitative estimate of drug-likeness (QED) is 0.849. The zero-order valence-corrected chi connectivity index (χ0v) is 15.7. The molecule has 27 heavy (non-hydrogen) atoms. The second-order valence-corrected chi connectivity index (χ2v) is 7.57. The summed E-state index contributed by atoms with van der Waals surface area (Å²) in [5.74, 6) is -1.06. The van der Waals surface area contributed by atoms with Gasteiger partial charge >= 0.3 is 12.0 Å². The first-order chi connectivity index (χ1) is 12.9. The first-order valence-electron chi connectivity index (χ1n) is 9.56. The number of carboxylic acids is 1. The highest BCUT2D eigenvalue weighted by Gasteiger charge is 2.42. The number of nitrogens with zero attached hydrogens (tertiary/aromatic N) is 2. The number of hydrogen-bond donors (Lipinski definition) is 2. The number of carbonyl (C=O) groups excluding carboxylic acids is 2. The van der Waals surface area contributed by atoms with E-state index in [9.17, 15) is 14.4 Å². The monoisotopic (exact) mass is 373 g/mol. The van der Waals surface area contributed by atoms with E-state index in [1.54, 1.807) is 0 Å². The highest BCUT2D eigenvalue weighted by atomic mass is 16.4. The minimum atomic E-state index is -0.980. The molecule has 1 aromatic carbocycles. The molecule has 7 heteroatoms. The first kappa shape index (κ1) is 19.2. The number of aliphatic carboxylic acids is 1. The highest BCUT2D eigenvalue weighted by molar-refractivity contribution is 5.90. The Labute approximate surface area is 159 Å². The normalized spacial score (nSPS) is 19.2. The summed E-state index contributed by atoms with van der Waals surface area (Å²) in [5.41, 5.74) is 1.89. The summed E-state index contributed by atoms with van der Waals surface area (Å²) in [6.45, 7) is 3.54. The lowest BCUT2D eigenvalue weighted by Crippen LogP contribution is -2.53. The van der Waals surface area contributed by atoms with Crippen LogP contribution < -0.4 is 5.32 Å². The number of para-hydroxylation sites is 1. The maximum atomic E-state index is 12.6. The lowest BCUT2D eigenvalue weighted by Gasteiger charge is -2.47. The van der Waals surface area contributed by atoms with Gasteiger partial charge in [-0.3, -0.25) is 9.59 Å². The molecule has 2 aliphatic rings. The molecule has 0 aliphatic carbocycles. The molecule has 1 spiro atoms. The Morgan fingerprint density at radius 1 is 1.19 bits per heavy atom. The Morgan fingerprint density at radius 2 is 1.89 bits per heavy atom. The standard InChI is InChI=1S/C20H27N3O4/c1-2-15-5-3-4-6-16(15)21-19(27)22-11-9-20(10-12-22)8-7-17(24)23(14-20)13-18(25)26/h3-6H,2,7-14H2,1H3,(H,21,27)(H,25,26). The van der Waals surface area contributed by atoms with Crippen LogP contribution in [-0.2, 0) is 16.0 Å².